The number of aryl methyl sites for hydroxylation is 1. The molecule has 162 valence electrons. The molecule has 1 aliphatic heterocycles. The summed E-state index contributed by atoms with van der Waals surface area (Å²) in [5.41, 5.74) is 2.57. The monoisotopic (exact) mass is 439 g/mol. The molecule has 7 heteroatoms. The first-order valence-electron chi connectivity index (χ1n) is 10.4. The minimum atomic E-state index is -3.78. The Morgan fingerprint density at radius 1 is 1.03 bits per heavy atom. The summed E-state index contributed by atoms with van der Waals surface area (Å²) in [5, 5.41) is 0. The molecule has 0 unspecified atom stereocenters. The average molecular weight is 440 g/mol. The van der Waals surface area contributed by atoms with Crippen molar-refractivity contribution >= 4 is 15.7 Å². The minimum absolute atomic E-state index is 0.190. The van der Waals surface area contributed by atoms with Gasteiger partial charge >= 0.3 is 0 Å². The summed E-state index contributed by atoms with van der Waals surface area (Å²) in [6, 6.07) is 16.5. The molecule has 2 aromatic carbocycles. The van der Waals surface area contributed by atoms with Crippen LogP contribution in [0.15, 0.2) is 78.0 Å². The van der Waals surface area contributed by atoms with Crippen LogP contribution in [0, 0.1) is 12.7 Å². The summed E-state index contributed by atoms with van der Waals surface area (Å²) in [6.07, 6.45) is 4.97. The zero-order valence-electron chi connectivity index (χ0n) is 17.5. The zero-order valence-corrected chi connectivity index (χ0v) is 18.3. The Bertz CT molecular complexity index is 1110. The molecule has 1 fully saturated rings. The van der Waals surface area contributed by atoms with Gasteiger partial charge in [-0.15, -0.1) is 0 Å². The number of benzene rings is 2. The smallest absolute Gasteiger partial charge is 0.264 e. The first-order valence-corrected chi connectivity index (χ1v) is 11.9. The fourth-order valence-electron chi connectivity index (χ4n) is 4.08. The van der Waals surface area contributed by atoms with Crippen molar-refractivity contribution in [2.75, 3.05) is 17.4 Å². The number of pyridine rings is 1. The third-order valence-electron chi connectivity index (χ3n) is 5.67. The van der Waals surface area contributed by atoms with Crippen LogP contribution in [0.4, 0.5) is 10.1 Å². The molecule has 0 aliphatic carbocycles. The molecule has 4 rings (SSSR count). The lowest BCUT2D eigenvalue weighted by molar-refractivity contribution is 0.206. The van der Waals surface area contributed by atoms with E-state index >= 15 is 0 Å². The Labute approximate surface area is 183 Å². The van der Waals surface area contributed by atoms with Crippen molar-refractivity contribution in [1.82, 2.24) is 9.88 Å². The van der Waals surface area contributed by atoms with Gasteiger partial charge in [0.25, 0.3) is 10.0 Å². The van der Waals surface area contributed by atoms with Gasteiger partial charge in [0.1, 0.15) is 5.82 Å². The summed E-state index contributed by atoms with van der Waals surface area (Å²) in [6.45, 7) is 4.26. The van der Waals surface area contributed by atoms with Crippen LogP contribution in [0.3, 0.4) is 0 Å². The van der Waals surface area contributed by atoms with E-state index in [-0.39, 0.29) is 16.8 Å². The average Bonchev–Trinajstić information content (AvgIpc) is 2.77. The van der Waals surface area contributed by atoms with Crippen LogP contribution in [0.25, 0.3) is 0 Å². The van der Waals surface area contributed by atoms with Gasteiger partial charge in [0, 0.05) is 38.1 Å². The molecule has 1 aromatic heterocycles. The fourth-order valence-corrected chi connectivity index (χ4v) is 5.90. The quantitative estimate of drug-likeness (QED) is 0.572. The molecule has 0 atom stereocenters. The lowest BCUT2D eigenvalue weighted by Gasteiger charge is -2.39. The minimum Gasteiger partial charge on any atom is -0.299 e. The molecule has 0 radical (unpaired) electrons. The number of anilines is 1. The highest BCUT2D eigenvalue weighted by molar-refractivity contribution is 7.92. The Morgan fingerprint density at radius 2 is 1.71 bits per heavy atom. The highest BCUT2D eigenvalue weighted by Gasteiger charge is 2.34. The van der Waals surface area contributed by atoms with Crippen LogP contribution in [0.5, 0.6) is 0 Å². The zero-order chi connectivity index (χ0) is 21.8. The van der Waals surface area contributed by atoms with Gasteiger partial charge < -0.3 is 0 Å². The van der Waals surface area contributed by atoms with E-state index in [1.54, 1.807) is 42.7 Å². The van der Waals surface area contributed by atoms with Gasteiger partial charge in [-0.05, 0) is 79.4 Å². The molecular weight excluding hydrogens is 413 g/mol. The molecule has 3 aromatic rings. The van der Waals surface area contributed by atoms with Gasteiger partial charge in [-0.25, -0.2) is 12.8 Å². The number of rotatable bonds is 6. The Kier molecular flexibility index (Phi) is 6.34. The topological polar surface area (TPSA) is 53.5 Å². The number of piperidine rings is 1. The molecule has 1 aliphatic rings. The van der Waals surface area contributed by atoms with Crippen LogP contribution in [0.2, 0.25) is 0 Å². The largest absolute Gasteiger partial charge is 0.299 e. The van der Waals surface area contributed by atoms with E-state index in [1.807, 2.05) is 25.1 Å². The second-order valence-electron chi connectivity index (χ2n) is 7.96. The summed E-state index contributed by atoms with van der Waals surface area (Å²) in [5.74, 6) is -0.385. The second kappa shape index (κ2) is 9.16. The maximum absolute atomic E-state index is 13.7. The van der Waals surface area contributed by atoms with Crippen molar-refractivity contribution in [2.24, 2.45) is 0 Å². The highest BCUT2D eigenvalue weighted by Crippen LogP contribution is 2.31. The standard InChI is InChI=1S/C24H26FN3O2S/c1-19-3-2-4-24(17-19)31(29,30)28(22-7-5-21(25)6-8-22)23-11-15-27(16-12-23)18-20-9-13-26-14-10-20/h2-10,13-14,17,23H,11-12,15-16,18H2,1H3. The van der Waals surface area contributed by atoms with Gasteiger partial charge in [-0.1, -0.05) is 12.1 Å². The van der Waals surface area contributed by atoms with Crippen molar-refractivity contribution < 1.29 is 12.8 Å². The number of likely N-dealkylation sites (tertiary alicyclic amines) is 1. The normalized spacial score (nSPS) is 15.7. The van der Waals surface area contributed by atoms with Crippen LogP contribution in [0.1, 0.15) is 24.0 Å². The van der Waals surface area contributed by atoms with E-state index in [2.05, 4.69) is 9.88 Å². The van der Waals surface area contributed by atoms with Crippen LogP contribution >= 0.6 is 0 Å². The molecule has 0 amide bonds. The highest BCUT2D eigenvalue weighted by atomic mass is 32.2. The summed E-state index contributed by atoms with van der Waals surface area (Å²) >= 11 is 0. The molecule has 31 heavy (non-hydrogen) atoms. The van der Waals surface area contributed by atoms with Gasteiger partial charge in [0.2, 0.25) is 0 Å². The third-order valence-corrected chi connectivity index (χ3v) is 7.55. The molecule has 0 bridgehead atoms. The predicted octanol–water partition coefficient (Wildman–Crippen LogP) is 4.39. The number of hydrogen-bond donors (Lipinski definition) is 0. The van der Waals surface area contributed by atoms with Crippen molar-refractivity contribution in [1.29, 1.82) is 0 Å². The Morgan fingerprint density at radius 3 is 2.35 bits per heavy atom. The van der Waals surface area contributed by atoms with E-state index in [4.69, 9.17) is 0 Å². The van der Waals surface area contributed by atoms with E-state index in [0.717, 1.165) is 25.2 Å². The number of aromatic nitrogens is 1. The fraction of sp³-hybridized carbons (Fsp3) is 0.292. The van der Waals surface area contributed by atoms with Crippen molar-refractivity contribution in [3.05, 3.63) is 90.0 Å². The van der Waals surface area contributed by atoms with Gasteiger partial charge in [0.15, 0.2) is 0 Å². The van der Waals surface area contributed by atoms with E-state index in [1.165, 1.54) is 22.0 Å². The second-order valence-corrected chi connectivity index (χ2v) is 9.77. The van der Waals surface area contributed by atoms with Gasteiger partial charge in [-0.2, -0.15) is 0 Å². The maximum atomic E-state index is 13.7. The molecule has 5 nitrogen and oxygen atoms in total. The SMILES string of the molecule is Cc1cccc(S(=O)(=O)N(c2ccc(F)cc2)C2CCN(Cc3ccncc3)CC2)c1. The number of sulfonamides is 1. The molecule has 1 saturated heterocycles. The van der Waals surface area contributed by atoms with E-state index in [0.29, 0.717) is 18.5 Å². The predicted molar refractivity (Wildman–Crippen MR) is 120 cm³/mol. The first kappa shape index (κ1) is 21.5. The molecular formula is C24H26FN3O2S. The van der Waals surface area contributed by atoms with Gasteiger partial charge in [-0.3, -0.25) is 14.2 Å². The lowest BCUT2D eigenvalue weighted by atomic mass is 10.0. The van der Waals surface area contributed by atoms with Crippen LogP contribution in [-0.2, 0) is 16.6 Å². The number of halogens is 1. The Balaban J connectivity index is 1.59. The first-order chi connectivity index (χ1) is 14.9. The molecule has 0 saturated carbocycles. The Hall–Kier alpha value is -2.77. The van der Waals surface area contributed by atoms with Crippen molar-refractivity contribution in [3.63, 3.8) is 0 Å². The van der Waals surface area contributed by atoms with Crippen molar-refractivity contribution in [3.8, 4) is 0 Å². The summed E-state index contributed by atoms with van der Waals surface area (Å²) in [7, 11) is -3.78. The van der Waals surface area contributed by atoms with Crippen LogP contribution < -0.4 is 4.31 Å². The lowest BCUT2D eigenvalue weighted by Crippen LogP contribution is -2.47. The summed E-state index contributed by atoms with van der Waals surface area (Å²) < 4.78 is 42.3. The van der Waals surface area contributed by atoms with Crippen LogP contribution in [-0.4, -0.2) is 37.4 Å². The van der Waals surface area contributed by atoms with Gasteiger partial charge in [0.05, 0.1) is 10.6 Å². The van der Waals surface area contributed by atoms with Crippen molar-refractivity contribution in [2.45, 2.75) is 37.2 Å². The van der Waals surface area contributed by atoms with E-state index in [9.17, 15) is 12.8 Å². The molecule has 0 N–H and O–H groups in total. The number of nitrogens with zero attached hydrogens (tertiary/aromatic N) is 3. The maximum Gasteiger partial charge on any atom is 0.264 e. The molecule has 2 heterocycles. The number of hydrogen-bond acceptors (Lipinski definition) is 4. The third kappa shape index (κ3) is 4.94. The summed E-state index contributed by atoms with van der Waals surface area (Å²) in [4.78, 5) is 6.64. The van der Waals surface area contributed by atoms with E-state index < -0.39 is 10.0 Å². The molecule has 0 spiro atoms.